The molecule has 7 nitrogen and oxygen atoms in total. The zero-order valence-electron chi connectivity index (χ0n) is 14.8. The van der Waals surface area contributed by atoms with Gasteiger partial charge in [-0.25, -0.2) is 4.79 Å². The second-order valence-corrected chi connectivity index (χ2v) is 6.44. The van der Waals surface area contributed by atoms with Crippen LogP contribution in [0.1, 0.15) is 35.3 Å². The summed E-state index contributed by atoms with van der Waals surface area (Å²) >= 11 is 0. The summed E-state index contributed by atoms with van der Waals surface area (Å²) in [7, 11) is 0. The highest BCUT2D eigenvalue weighted by molar-refractivity contribution is 5.97. The predicted molar refractivity (Wildman–Crippen MR) is 101 cm³/mol. The van der Waals surface area contributed by atoms with Gasteiger partial charge in [0.1, 0.15) is 5.75 Å². The largest absolute Gasteiger partial charge is 0.493 e. The molecule has 1 aromatic heterocycles. The number of carbonyl (C=O) groups excluding carboxylic acids is 1. The van der Waals surface area contributed by atoms with Crippen molar-refractivity contribution in [1.82, 2.24) is 14.9 Å². The third-order valence-electron chi connectivity index (χ3n) is 4.82. The van der Waals surface area contributed by atoms with Gasteiger partial charge in [-0.1, -0.05) is 18.2 Å². The molecule has 2 N–H and O–H groups in total. The second kappa shape index (κ2) is 6.75. The van der Waals surface area contributed by atoms with E-state index in [1.807, 2.05) is 24.3 Å². The number of hydrogen-bond acceptors (Lipinski definition) is 4. The zero-order chi connectivity index (χ0) is 19.0. The first-order chi connectivity index (χ1) is 13.1. The Morgan fingerprint density at radius 1 is 1.26 bits per heavy atom. The van der Waals surface area contributed by atoms with Gasteiger partial charge < -0.3 is 15.0 Å². The Morgan fingerprint density at radius 3 is 2.89 bits per heavy atom. The van der Waals surface area contributed by atoms with Gasteiger partial charge in [0, 0.05) is 24.1 Å². The van der Waals surface area contributed by atoms with E-state index in [1.54, 1.807) is 25.1 Å². The molecule has 4 rings (SSSR count). The number of aromatic nitrogens is 2. The SMILES string of the molecule is CCn1c(=O)[nH]c2cc(C(=O)N[C@@H]3CCOc4ccccc43)ccc2c1=O. The number of nitrogens with zero attached hydrogens (tertiary/aromatic N) is 1. The van der Waals surface area contributed by atoms with Crippen molar-refractivity contribution in [2.45, 2.75) is 25.9 Å². The monoisotopic (exact) mass is 365 g/mol. The Balaban J connectivity index is 1.66. The quantitative estimate of drug-likeness (QED) is 0.742. The van der Waals surface area contributed by atoms with Crippen LogP contribution >= 0.6 is 0 Å². The summed E-state index contributed by atoms with van der Waals surface area (Å²) in [6, 6.07) is 12.2. The minimum Gasteiger partial charge on any atom is -0.493 e. The smallest absolute Gasteiger partial charge is 0.328 e. The van der Waals surface area contributed by atoms with Crippen molar-refractivity contribution >= 4 is 16.8 Å². The van der Waals surface area contributed by atoms with Gasteiger partial charge in [-0.3, -0.25) is 14.2 Å². The van der Waals surface area contributed by atoms with E-state index in [0.717, 1.165) is 15.9 Å². The van der Waals surface area contributed by atoms with Gasteiger partial charge in [0.05, 0.1) is 23.6 Å². The number of aromatic amines is 1. The van der Waals surface area contributed by atoms with Gasteiger partial charge in [0.15, 0.2) is 0 Å². The number of hydrogen-bond donors (Lipinski definition) is 2. The number of H-pyrrole nitrogens is 1. The maximum Gasteiger partial charge on any atom is 0.328 e. The Kier molecular flexibility index (Phi) is 4.27. The van der Waals surface area contributed by atoms with E-state index in [9.17, 15) is 14.4 Å². The van der Waals surface area contributed by atoms with Crippen LogP contribution in [-0.2, 0) is 6.54 Å². The summed E-state index contributed by atoms with van der Waals surface area (Å²) in [6.07, 6.45) is 0.675. The van der Waals surface area contributed by atoms with Gasteiger partial charge >= 0.3 is 5.69 Å². The second-order valence-electron chi connectivity index (χ2n) is 6.44. The third-order valence-corrected chi connectivity index (χ3v) is 4.82. The summed E-state index contributed by atoms with van der Waals surface area (Å²) in [4.78, 5) is 39.8. The van der Waals surface area contributed by atoms with E-state index >= 15 is 0 Å². The Morgan fingerprint density at radius 2 is 2.07 bits per heavy atom. The standard InChI is InChI=1S/C20H19N3O4/c1-2-23-19(25)14-8-7-12(11-16(14)22-20(23)26)18(24)21-15-9-10-27-17-6-4-3-5-13(15)17/h3-8,11,15H,2,9-10H2,1H3,(H,21,24)(H,22,26)/t15-/m1/s1. The summed E-state index contributed by atoms with van der Waals surface area (Å²) in [6.45, 7) is 2.55. The fourth-order valence-electron chi connectivity index (χ4n) is 3.42. The van der Waals surface area contributed by atoms with Crippen LogP contribution in [0.15, 0.2) is 52.1 Å². The molecule has 0 aliphatic carbocycles. The van der Waals surface area contributed by atoms with Gasteiger partial charge in [-0.15, -0.1) is 0 Å². The maximum absolute atomic E-state index is 12.7. The number of para-hydroxylation sites is 1. The molecular weight excluding hydrogens is 346 g/mol. The van der Waals surface area contributed by atoms with E-state index in [0.29, 0.717) is 29.5 Å². The lowest BCUT2D eigenvalue weighted by Gasteiger charge is -2.26. The van der Waals surface area contributed by atoms with Gasteiger partial charge in [0.25, 0.3) is 11.5 Å². The molecule has 2 aromatic carbocycles. The first-order valence-corrected chi connectivity index (χ1v) is 8.88. The van der Waals surface area contributed by atoms with Crippen molar-refractivity contribution in [1.29, 1.82) is 0 Å². The molecule has 0 spiro atoms. The van der Waals surface area contributed by atoms with Gasteiger partial charge in [0.2, 0.25) is 0 Å². The van der Waals surface area contributed by atoms with Crippen LogP contribution in [0.2, 0.25) is 0 Å². The summed E-state index contributed by atoms with van der Waals surface area (Å²) < 4.78 is 6.74. The number of ether oxygens (including phenoxy) is 1. The lowest BCUT2D eigenvalue weighted by molar-refractivity contribution is 0.0925. The zero-order valence-corrected chi connectivity index (χ0v) is 14.8. The molecule has 1 amide bonds. The van der Waals surface area contributed by atoms with E-state index in [1.165, 1.54) is 0 Å². The molecule has 1 aliphatic rings. The Labute approximate surface area is 154 Å². The van der Waals surface area contributed by atoms with Crippen LogP contribution in [0.4, 0.5) is 0 Å². The highest BCUT2D eigenvalue weighted by atomic mass is 16.5. The van der Waals surface area contributed by atoms with Crippen molar-refractivity contribution < 1.29 is 9.53 Å². The topological polar surface area (TPSA) is 93.2 Å². The van der Waals surface area contributed by atoms with Crippen molar-refractivity contribution in [2.75, 3.05) is 6.61 Å². The molecule has 27 heavy (non-hydrogen) atoms. The molecule has 7 heteroatoms. The third kappa shape index (κ3) is 3.01. The van der Waals surface area contributed by atoms with Crippen LogP contribution < -0.4 is 21.3 Å². The van der Waals surface area contributed by atoms with Crippen LogP contribution in [0, 0.1) is 0 Å². The number of carbonyl (C=O) groups is 1. The van der Waals surface area contributed by atoms with Crippen molar-refractivity contribution in [3.63, 3.8) is 0 Å². The Hall–Kier alpha value is -3.35. The molecule has 1 atom stereocenters. The lowest BCUT2D eigenvalue weighted by Crippen LogP contribution is -2.35. The first kappa shape index (κ1) is 17.1. The van der Waals surface area contributed by atoms with Crippen LogP contribution in [0.25, 0.3) is 10.9 Å². The summed E-state index contributed by atoms with van der Waals surface area (Å²) in [5.41, 5.74) is 0.843. The average Bonchev–Trinajstić information content (AvgIpc) is 2.68. The van der Waals surface area contributed by atoms with Crippen LogP contribution in [-0.4, -0.2) is 22.1 Å². The maximum atomic E-state index is 12.7. The molecule has 0 saturated heterocycles. The van der Waals surface area contributed by atoms with E-state index in [-0.39, 0.29) is 24.1 Å². The number of nitrogens with one attached hydrogen (secondary N) is 2. The summed E-state index contributed by atoms with van der Waals surface area (Å²) in [5, 5.41) is 3.39. The van der Waals surface area contributed by atoms with Crippen molar-refractivity contribution in [2.24, 2.45) is 0 Å². The number of benzene rings is 2. The fourth-order valence-corrected chi connectivity index (χ4v) is 3.42. The van der Waals surface area contributed by atoms with Crippen LogP contribution in [0.3, 0.4) is 0 Å². The van der Waals surface area contributed by atoms with Crippen molar-refractivity contribution in [3.05, 3.63) is 74.4 Å². The molecule has 0 bridgehead atoms. The number of rotatable bonds is 3. The lowest BCUT2D eigenvalue weighted by atomic mass is 10.00. The highest BCUT2D eigenvalue weighted by Crippen LogP contribution is 2.31. The normalized spacial score (nSPS) is 15.8. The van der Waals surface area contributed by atoms with Crippen LogP contribution in [0.5, 0.6) is 5.75 Å². The van der Waals surface area contributed by atoms with E-state index in [2.05, 4.69) is 10.3 Å². The molecule has 0 saturated carbocycles. The fraction of sp³-hybridized carbons (Fsp3) is 0.250. The Bertz CT molecular complexity index is 1150. The highest BCUT2D eigenvalue weighted by Gasteiger charge is 2.23. The van der Waals surface area contributed by atoms with E-state index in [4.69, 9.17) is 4.74 Å². The predicted octanol–water partition coefficient (Wildman–Crippen LogP) is 1.96. The molecular formula is C20H19N3O4. The minimum absolute atomic E-state index is 0.148. The average molecular weight is 365 g/mol. The van der Waals surface area contributed by atoms with Gasteiger partial charge in [-0.2, -0.15) is 0 Å². The first-order valence-electron chi connectivity index (χ1n) is 8.88. The number of amides is 1. The molecule has 0 radical (unpaired) electrons. The molecule has 0 unspecified atom stereocenters. The molecule has 2 heterocycles. The van der Waals surface area contributed by atoms with Gasteiger partial charge in [-0.05, 0) is 31.2 Å². The van der Waals surface area contributed by atoms with E-state index < -0.39 is 5.69 Å². The summed E-state index contributed by atoms with van der Waals surface area (Å²) in [5.74, 6) is 0.510. The minimum atomic E-state index is -0.481. The number of fused-ring (bicyclic) bond motifs is 2. The molecule has 0 fully saturated rings. The molecule has 1 aliphatic heterocycles. The molecule has 138 valence electrons. The van der Waals surface area contributed by atoms with Crippen molar-refractivity contribution in [3.8, 4) is 5.75 Å². The molecule has 3 aromatic rings.